The van der Waals surface area contributed by atoms with E-state index < -0.39 is 5.97 Å². The number of nitrogens with one attached hydrogen (secondary N) is 1. The molecule has 1 aromatic heterocycles. The van der Waals surface area contributed by atoms with Crippen LogP contribution in [0.3, 0.4) is 0 Å². The average molecular weight is 205 g/mol. The third kappa shape index (κ3) is 2.76. The van der Waals surface area contributed by atoms with Gasteiger partial charge in [-0.05, 0) is 5.53 Å². The summed E-state index contributed by atoms with van der Waals surface area (Å²) in [5, 5.41) is 9.35. The first kappa shape index (κ1) is 10.6. The molecule has 1 aromatic rings. The maximum atomic E-state index is 11.1. The number of aromatic nitrogens is 2. The predicted octanol–water partition coefficient (Wildman–Crippen LogP) is 0.858. The fourth-order valence-corrected chi connectivity index (χ4v) is 0.840. The van der Waals surface area contributed by atoms with Gasteiger partial charge in [0.15, 0.2) is 5.69 Å². The van der Waals surface area contributed by atoms with E-state index in [-0.39, 0.29) is 12.2 Å². The molecule has 0 saturated heterocycles. The number of carbonyl (C=O) groups is 1. The molecular formula is C8H7N5O2. The molecule has 0 unspecified atom stereocenters. The Balaban J connectivity index is 2.84. The molecule has 0 fully saturated rings. The lowest BCUT2D eigenvalue weighted by molar-refractivity contribution is 0.0593. The van der Waals surface area contributed by atoms with Crippen molar-refractivity contribution in [3.05, 3.63) is 27.9 Å². The Morgan fingerprint density at radius 3 is 3.33 bits per heavy atom. The lowest BCUT2D eigenvalue weighted by Crippen LogP contribution is -2.03. The van der Waals surface area contributed by atoms with E-state index in [9.17, 15) is 4.79 Å². The molecule has 0 radical (unpaired) electrons. The van der Waals surface area contributed by atoms with Gasteiger partial charge in [0.05, 0.1) is 25.4 Å². The number of H-pyrrole nitrogens is 1. The summed E-state index contributed by atoms with van der Waals surface area (Å²) in [6, 6.07) is 0. The molecule has 7 nitrogen and oxygen atoms in total. The van der Waals surface area contributed by atoms with Gasteiger partial charge in [0, 0.05) is 4.91 Å². The molecule has 1 N–H and O–H groups in total. The van der Waals surface area contributed by atoms with Crippen LogP contribution in [0.5, 0.6) is 0 Å². The molecule has 0 aromatic carbocycles. The second kappa shape index (κ2) is 5.32. The van der Waals surface area contributed by atoms with Crippen molar-refractivity contribution < 1.29 is 9.53 Å². The van der Waals surface area contributed by atoms with Crippen LogP contribution in [0.25, 0.3) is 10.4 Å². The van der Waals surface area contributed by atoms with Gasteiger partial charge < -0.3 is 4.74 Å². The lowest BCUT2D eigenvalue weighted by Gasteiger charge is -1.93. The molecule has 1 rings (SSSR count). The highest BCUT2D eigenvalue weighted by atomic mass is 16.5. The second-order valence-corrected chi connectivity index (χ2v) is 2.34. The first-order chi connectivity index (χ1) is 7.29. The Morgan fingerprint density at radius 2 is 2.67 bits per heavy atom. The van der Waals surface area contributed by atoms with E-state index in [0.29, 0.717) is 5.56 Å². The zero-order valence-electron chi connectivity index (χ0n) is 7.89. The van der Waals surface area contributed by atoms with Crippen LogP contribution in [0.15, 0.2) is 11.3 Å². The third-order valence-electron chi connectivity index (χ3n) is 1.46. The molecule has 1 heterocycles. The summed E-state index contributed by atoms with van der Waals surface area (Å²) in [5.41, 5.74) is 8.60. The van der Waals surface area contributed by atoms with Crippen molar-refractivity contribution in [1.82, 2.24) is 10.2 Å². The largest absolute Gasteiger partial charge is 0.464 e. The van der Waals surface area contributed by atoms with Gasteiger partial charge in [-0.3, -0.25) is 5.10 Å². The molecule has 0 aliphatic rings. The highest BCUT2D eigenvalue weighted by Crippen LogP contribution is 2.03. The number of ether oxygens (including phenoxy) is 1. The molecular weight excluding hydrogens is 198 g/mol. The van der Waals surface area contributed by atoms with Crippen LogP contribution in [0, 0.1) is 11.8 Å². The monoisotopic (exact) mass is 205 g/mol. The number of hydrogen-bond acceptors (Lipinski definition) is 4. The number of carbonyl (C=O) groups excluding carboxylic acids is 1. The van der Waals surface area contributed by atoms with Crippen LogP contribution >= 0.6 is 0 Å². The normalized spacial score (nSPS) is 8.33. The second-order valence-electron chi connectivity index (χ2n) is 2.34. The number of rotatable bonds is 2. The summed E-state index contributed by atoms with van der Waals surface area (Å²) in [4.78, 5) is 13.7. The van der Waals surface area contributed by atoms with E-state index in [1.807, 2.05) is 0 Å². The van der Waals surface area contributed by atoms with Gasteiger partial charge in [0.1, 0.15) is 0 Å². The zero-order chi connectivity index (χ0) is 11.1. The van der Waals surface area contributed by atoms with E-state index in [2.05, 4.69) is 36.8 Å². The van der Waals surface area contributed by atoms with E-state index >= 15 is 0 Å². The van der Waals surface area contributed by atoms with Crippen LogP contribution in [0.4, 0.5) is 0 Å². The lowest BCUT2D eigenvalue weighted by atomic mass is 10.2. The number of hydrogen-bond donors (Lipinski definition) is 1. The summed E-state index contributed by atoms with van der Waals surface area (Å²) < 4.78 is 4.50. The summed E-state index contributed by atoms with van der Waals surface area (Å²) in [6.07, 6.45) is 1.40. The third-order valence-corrected chi connectivity index (χ3v) is 1.46. The first-order valence-electron chi connectivity index (χ1n) is 3.91. The summed E-state index contributed by atoms with van der Waals surface area (Å²) in [5.74, 6) is 4.66. The topological polar surface area (TPSA) is 104 Å². The van der Waals surface area contributed by atoms with E-state index in [1.54, 1.807) is 0 Å². The smallest absolute Gasteiger partial charge is 0.357 e. The van der Waals surface area contributed by atoms with Crippen LogP contribution in [0.2, 0.25) is 0 Å². The Bertz CT molecular complexity index is 461. The Morgan fingerprint density at radius 1 is 1.87 bits per heavy atom. The highest BCUT2D eigenvalue weighted by Gasteiger charge is 2.11. The van der Waals surface area contributed by atoms with E-state index in [1.165, 1.54) is 13.3 Å². The van der Waals surface area contributed by atoms with Gasteiger partial charge in [0.25, 0.3) is 0 Å². The maximum Gasteiger partial charge on any atom is 0.357 e. The minimum atomic E-state index is -0.541. The molecule has 0 bridgehead atoms. The maximum absolute atomic E-state index is 11.1. The van der Waals surface area contributed by atoms with Crippen LogP contribution in [-0.2, 0) is 4.74 Å². The zero-order valence-corrected chi connectivity index (χ0v) is 7.89. The van der Waals surface area contributed by atoms with Crippen molar-refractivity contribution in [1.29, 1.82) is 0 Å². The number of azide groups is 1. The predicted molar refractivity (Wildman–Crippen MR) is 50.8 cm³/mol. The van der Waals surface area contributed by atoms with Crippen LogP contribution in [-0.4, -0.2) is 29.8 Å². The quantitative estimate of drug-likeness (QED) is 0.254. The van der Waals surface area contributed by atoms with Gasteiger partial charge in [-0.15, -0.1) is 0 Å². The minimum absolute atomic E-state index is 0.0439. The van der Waals surface area contributed by atoms with Gasteiger partial charge in [-0.2, -0.15) is 5.10 Å². The minimum Gasteiger partial charge on any atom is -0.464 e. The van der Waals surface area contributed by atoms with Crippen LogP contribution < -0.4 is 0 Å². The van der Waals surface area contributed by atoms with E-state index in [0.717, 1.165) is 0 Å². The Kier molecular flexibility index (Phi) is 3.77. The fraction of sp³-hybridized carbons (Fsp3) is 0.250. The number of nitrogens with zero attached hydrogens (tertiary/aromatic N) is 4. The average Bonchev–Trinajstić information content (AvgIpc) is 2.71. The molecule has 15 heavy (non-hydrogen) atoms. The number of methoxy groups -OCH3 is 1. The summed E-state index contributed by atoms with van der Waals surface area (Å²) >= 11 is 0. The number of esters is 1. The highest BCUT2D eigenvalue weighted by molar-refractivity contribution is 5.89. The standard InChI is InChI=1S/C8H7N5O2/c1-15-8(14)7-6(5-11-12-7)3-2-4-10-13-9/h5H,4H2,1H3,(H,11,12). The molecule has 0 aliphatic heterocycles. The van der Waals surface area contributed by atoms with Crippen molar-refractivity contribution in [3.63, 3.8) is 0 Å². The Hall–Kier alpha value is -2.45. The van der Waals surface area contributed by atoms with Crippen LogP contribution in [0.1, 0.15) is 16.1 Å². The van der Waals surface area contributed by atoms with Gasteiger partial charge >= 0.3 is 5.97 Å². The van der Waals surface area contributed by atoms with Gasteiger partial charge in [-0.1, -0.05) is 17.0 Å². The first-order valence-corrected chi connectivity index (χ1v) is 3.91. The van der Waals surface area contributed by atoms with Crippen molar-refractivity contribution in [2.45, 2.75) is 0 Å². The summed E-state index contributed by atoms with van der Waals surface area (Å²) in [7, 11) is 1.26. The van der Waals surface area contributed by atoms with Gasteiger partial charge in [-0.25, -0.2) is 4.79 Å². The SMILES string of the molecule is COC(=O)c1[nH]ncc1C#CCN=[N+]=[N-]. The van der Waals surface area contributed by atoms with Crippen molar-refractivity contribution in [2.75, 3.05) is 13.7 Å². The fourth-order valence-electron chi connectivity index (χ4n) is 0.840. The molecule has 0 spiro atoms. The number of aromatic amines is 1. The molecule has 0 atom stereocenters. The molecule has 0 saturated carbocycles. The van der Waals surface area contributed by atoms with E-state index in [4.69, 9.17) is 5.53 Å². The summed E-state index contributed by atoms with van der Waals surface area (Å²) in [6.45, 7) is 0.0439. The van der Waals surface area contributed by atoms with Gasteiger partial charge in [0.2, 0.25) is 0 Å². The van der Waals surface area contributed by atoms with Crippen molar-refractivity contribution in [2.24, 2.45) is 5.11 Å². The molecule has 76 valence electrons. The molecule has 7 heteroatoms. The van der Waals surface area contributed by atoms with Crippen molar-refractivity contribution in [3.8, 4) is 11.8 Å². The molecule has 0 amide bonds. The van der Waals surface area contributed by atoms with Crippen molar-refractivity contribution >= 4 is 5.97 Å². The Labute approximate surface area is 85.1 Å². The molecule has 0 aliphatic carbocycles.